The minimum atomic E-state index is -3.14. The summed E-state index contributed by atoms with van der Waals surface area (Å²) in [4.78, 5) is 54.4. The van der Waals surface area contributed by atoms with E-state index in [-0.39, 0.29) is 42.8 Å². The number of hydrogen-bond donors (Lipinski definition) is 11. The molecule has 11 N–H and O–H groups in total. The zero-order valence-electron chi connectivity index (χ0n) is 73.4. The van der Waals surface area contributed by atoms with Gasteiger partial charge in [-0.05, 0) is 205 Å². The average Bonchev–Trinajstić information content (AvgIpc) is 0.797. The molecule has 5 atom stereocenters. The number of amides is 2. The molecule has 0 aliphatic rings. The fourth-order valence-electron chi connectivity index (χ4n) is 9.14. The first-order valence-electron chi connectivity index (χ1n) is 39.5. The van der Waals surface area contributed by atoms with E-state index in [1.165, 1.54) is 20.2 Å². The van der Waals surface area contributed by atoms with Gasteiger partial charge in [-0.25, -0.2) is 54.3 Å². The quantitative estimate of drug-likeness (QED) is 0.00961. The van der Waals surface area contributed by atoms with Crippen LogP contribution >= 0.6 is 65.8 Å². The number of ether oxygens (including phenoxy) is 2. The van der Waals surface area contributed by atoms with E-state index in [0.717, 1.165) is 96.1 Å². The predicted molar refractivity (Wildman–Crippen MR) is 507 cm³/mol. The van der Waals surface area contributed by atoms with Gasteiger partial charge in [-0.2, -0.15) is 9.81 Å². The number of carbonyl (C=O) groups excluding carboxylic acids is 2. The van der Waals surface area contributed by atoms with Crippen molar-refractivity contribution in [2.75, 3.05) is 113 Å². The van der Waals surface area contributed by atoms with Crippen LogP contribution in [0.1, 0.15) is 147 Å². The predicted octanol–water partition coefficient (Wildman–Crippen LogP) is 21.4. The van der Waals surface area contributed by atoms with Crippen LogP contribution in [0.3, 0.4) is 0 Å². The van der Waals surface area contributed by atoms with Gasteiger partial charge in [0.25, 0.3) is 0 Å². The maximum absolute atomic E-state index is 12.8. The van der Waals surface area contributed by atoms with E-state index >= 15 is 0 Å². The zero-order valence-corrected chi connectivity index (χ0v) is 81.0. The lowest BCUT2D eigenvalue weighted by Gasteiger charge is -2.27. The summed E-state index contributed by atoms with van der Waals surface area (Å²) < 4.78 is 83.7. The number of carbonyl (C=O) groups is 2. The summed E-state index contributed by atoms with van der Waals surface area (Å²) in [6.45, 7) is 41.0. The Kier molecular flexibility index (Phi) is 69.4. The van der Waals surface area contributed by atoms with Gasteiger partial charge in [0, 0.05) is 71.5 Å². The molecule has 0 heterocycles. The monoisotopic (exact) mass is 1830 g/mol. The van der Waals surface area contributed by atoms with Crippen molar-refractivity contribution >= 4 is 77.9 Å². The molecule has 7 rings (SSSR count). The molecule has 0 spiro atoms. The Labute approximate surface area is 724 Å². The largest absolute Gasteiger partial charge is 0.433 e. The summed E-state index contributed by atoms with van der Waals surface area (Å²) in [7, 11) is -3.57. The lowest BCUT2D eigenvalue weighted by Crippen LogP contribution is -2.29. The van der Waals surface area contributed by atoms with E-state index in [0.29, 0.717) is 68.0 Å². The van der Waals surface area contributed by atoms with Gasteiger partial charge in [-0.15, -0.1) is 9.67 Å². The molecule has 0 fully saturated rings. The number of para-hydroxylation sites is 3. The molecule has 120 heavy (non-hydrogen) atoms. The summed E-state index contributed by atoms with van der Waals surface area (Å²) in [5.74, 6) is 4.55. The first kappa shape index (κ1) is 118. The Hall–Kier alpha value is -6.56. The minimum Gasteiger partial charge on any atom is -0.433 e. The molecule has 0 aromatic heterocycles. The van der Waals surface area contributed by atoms with Crippen LogP contribution < -0.4 is 78.5 Å². The standard InChI is InChI=1S/C24H38N4O4P2.C17H25N3O4P2.C11H17N2O2P.2C10H16NOP.C5H15N2O2P.C3H8.CH4.2HNO/c1-7-25-33-28(10-4)23(29)31-21-15-11-19(12-16-21)24(5,6)20-13-17-22(18-14-20)32-34(30,26-8-2)27-9-3;1-18-25(4,21)23-16-9-5-14(6-10-16)13-15-7-11-17(12-8-15)24-26(22,19-2)20-3;1-3-12-16-13(4-2)11(14)15-10-8-6-5-7-9-10;2*1-3-11(13-4-2)12-10-8-6-5-7-9-10;1-4-6-10(8,9-3)7-5-2;1-3-2;;2*1-2/h11-18,25,33H,7-10H2,1-6H3,(H2,26,27,30);5-12H,13H2,1-4H3,(H,18,21)(H2,19,20,22);5-9,12,16H,3-4H2,1-2H3;2*5-9,13H,3-4H2,1-2H3;4-5H2,1-3H3,(H2,6,7,8);3H2,1-2H3;1H4;2*1H. The molecular weight excluding hydrogens is 1690 g/mol. The molecule has 0 saturated heterocycles. The van der Waals surface area contributed by atoms with Gasteiger partial charge in [0.1, 0.15) is 40.2 Å². The molecule has 0 aliphatic heterocycles. The van der Waals surface area contributed by atoms with E-state index in [2.05, 4.69) is 112 Å². The molecule has 7 aromatic rings. The highest BCUT2D eigenvalue weighted by atomic mass is 31.2. The van der Waals surface area contributed by atoms with Crippen molar-refractivity contribution in [2.24, 2.45) is 0 Å². The van der Waals surface area contributed by atoms with E-state index in [1.54, 1.807) is 66.9 Å². The second-order valence-electron chi connectivity index (χ2n) is 24.6. The van der Waals surface area contributed by atoms with Gasteiger partial charge in [-0.3, -0.25) is 28.6 Å². The van der Waals surface area contributed by atoms with E-state index < -0.39 is 30.5 Å². The van der Waals surface area contributed by atoms with Crippen molar-refractivity contribution in [1.29, 1.82) is 11.2 Å². The SMILES string of the molecule is C.CCC.CCNP(=O)(NCC)OC.CCNPN(CC)C(=O)Oc1ccc(C(C)(C)c2ccc(OP(=O)(NCC)NCC)cc2)cc1.CCNPN(CC)C(=O)Oc1ccccc1.CCPN(CC)Oc1ccccc1.CCPN(CC)Oc1ccccc1.CNP(C)(=O)Oc1ccc(Cc2ccc(OP(=O)(NC)NC)cc2)cc1.N=O.N=O. The van der Waals surface area contributed by atoms with Crippen LogP contribution in [0.5, 0.6) is 40.2 Å². The van der Waals surface area contributed by atoms with Crippen molar-refractivity contribution in [3.05, 3.63) is 220 Å². The Bertz CT molecular complexity index is 3820. The molecule has 0 radical (unpaired) electrons. The van der Waals surface area contributed by atoms with Crippen LogP contribution in [0.4, 0.5) is 9.59 Å². The van der Waals surface area contributed by atoms with Gasteiger partial charge < -0.3 is 37.2 Å². The van der Waals surface area contributed by atoms with Crippen molar-refractivity contribution in [3.8, 4) is 40.2 Å². The third-order valence-electron chi connectivity index (χ3n) is 15.0. The molecule has 0 bridgehead atoms. The van der Waals surface area contributed by atoms with Gasteiger partial charge in [0.2, 0.25) is 0 Å². The second kappa shape index (κ2) is 70.8. The van der Waals surface area contributed by atoms with Crippen LogP contribution in [-0.2, 0) is 34.6 Å². The normalized spacial score (nSPS) is 11.5. The van der Waals surface area contributed by atoms with Crippen LogP contribution in [0.25, 0.3) is 0 Å². The molecule has 0 saturated carbocycles. The Morgan fingerprint density at radius 1 is 0.392 bits per heavy atom. The molecule has 676 valence electrons. The van der Waals surface area contributed by atoms with Gasteiger partial charge in [-0.1, -0.05) is 211 Å². The van der Waals surface area contributed by atoms with E-state index in [4.69, 9.17) is 47.1 Å². The number of benzene rings is 7. The van der Waals surface area contributed by atoms with Crippen molar-refractivity contribution in [3.63, 3.8) is 0 Å². The molecule has 31 nitrogen and oxygen atoms in total. The van der Waals surface area contributed by atoms with Crippen LogP contribution in [0.2, 0.25) is 0 Å². The Morgan fingerprint density at radius 3 is 0.983 bits per heavy atom. The van der Waals surface area contributed by atoms with Crippen molar-refractivity contribution in [1.82, 2.24) is 64.8 Å². The minimum absolute atomic E-state index is 0. The lowest BCUT2D eigenvalue weighted by molar-refractivity contribution is 0.0509. The second-order valence-corrected chi connectivity index (χ2v) is 38.4. The van der Waals surface area contributed by atoms with Gasteiger partial charge in [0.15, 0.2) is 0 Å². The smallest absolute Gasteiger partial charge is 0.419 e. The number of hydrogen-bond acceptors (Lipinski definition) is 22. The number of rotatable bonds is 42. The summed E-state index contributed by atoms with van der Waals surface area (Å²) in [5, 5.41) is 25.5. The van der Waals surface area contributed by atoms with Crippen molar-refractivity contribution in [2.45, 2.75) is 136 Å². The average molecular weight is 1830 g/mol. The summed E-state index contributed by atoms with van der Waals surface area (Å²) in [5.41, 5.74) is 13.0. The van der Waals surface area contributed by atoms with Crippen LogP contribution in [0, 0.1) is 21.0 Å². The Morgan fingerprint density at radius 2 is 0.692 bits per heavy atom. The maximum Gasteiger partial charge on any atom is 0.419 e. The highest BCUT2D eigenvalue weighted by Crippen LogP contribution is 2.42. The fourth-order valence-corrected chi connectivity index (χ4v) is 16.1. The van der Waals surface area contributed by atoms with Gasteiger partial charge in [0.05, 0.1) is 17.8 Å². The molecule has 5 unspecified atom stereocenters. The molecule has 7 aromatic carbocycles. The van der Waals surface area contributed by atoms with Crippen LogP contribution in [-0.4, -0.2) is 144 Å². The Balaban J connectivity index is -0.00000141. The van der Waals surface area contributed by atoms with E-state index in [1.807, 2.05) is 217 Å². The highest BCUT2D eigenvalue weighted by molar-refractivity contribution is 7.56. The first-order valence-corrected chi connectivity index (χ1v) is 50.6. The number of nitrogens with zero attached hydrogens (tertiary/aromatic N) is 4. The topological polar surface area (TPSA) is 379 Å². The molecule has 2 amide bonds. The maximum atomic E-state index is 12.8. The third kappa shape index (κ3) is 51.5. The number of hydroxylamine groups is 2. The summed E-state index contributed by atoms with van der Waals surface area (Å²) in [6.07, 6.45) is 3.58. The first-order chi connectivity index (χ1) is 57.1. The fraction of sp³-hybridized carbons (Fsp3) is 0.457. The summed E-state index contributed by atoms with van der Waals surface area (Å²) >= 11 is 0. The number of nitrogens with one attached hydrogen (secondary N) is 11. The number of nitroso groups, excluding NO2 is 2. The van der Waals surface area contributed by atoms with E-state index in [9.17, 15) is 27.8 Å². The highest BCUT2D eigenvalue weighted by Gasteiger charge is 2.27. The van der Waals surface area contributed by atoms with Crippen molar-refractivity contribution < 1.29 is 65.1 Å². The third-order valence-corrected chi connectivity index (χ3v) is 26.7. The lowest BCUT2D eigenvalue weighted by atomic mass is 9.78. The van der Waals surface area contributed by atoms with Crippen LogP contribution in [0.15, 0.2) is 188 Å². The van der Waals surface area contributed by atoms with Gasteiger partial charge >= 0.3 is 42.7 Å². The molecular formula is C81H141N15O16P8. The molecule has 0 aliphatic carbocycles. The zero-order chi connectivity index (χ0) is 90.0. The molecule has 39 heteroatoms. The summed E-state index contributed by atoms with van der Waals surface area (Å²) in [6, 6.07) is 59.0.